The van der Waals surface area contributed by atoms with Gasteiger partial charge in [0.1, 0.15) is 12.4 Å². The van der Waals surface area contributed by atoms with Gasteiger partial charge in [-0.1, -0.05) is 30.3 Å². The minimum Gasteiger partial charge on any atom is -0.462 e. The number of carbonyl (C=O) groups excluding carboxylic acids is 1. The average Bonchev–Trinajstić information content (AvgIpc) is 3.25. The van der Waals surface area contributed by atoms with Crippen molar-refractivity contribution in [2.24, 2.45) is 0 Å². The molecule has 3 aliphatic rings. The first-order valence-corrected chi connectivity index (χ1v) is 14.5. The van der Waals surface area contributed by atoms with Crippen LogP contribution in [0.25, 0.3) is 0 Å². The SMILES string of the molecule is C=CC(=O)N1CCN(c2nc(OC[C@@H]3CCCN3C)nc3c2CCCN(c2cccc(C)c2Cl)C3)CC1CC#N. The van der Waals surface area contributed by atoms with Crippen molar-refractivity contribution >= 4 is 29.0 Å². The van der Waals surface area contributed by atoms with E-state index >= 15 is 0 Å². The van der Waals surface area contributed by atoms with Gasteiger partial charge in [0.15, 0.2) is 0 Å². The number of ether oxygens (including phenoxy) is 1. The molecular weight excluding hydrogens is 526 g/mol. The Labute approximate surface area is 242 Å². The van der Waals surface area contributed by atoms with Crippen LogP contribution < -0.4 is 14.5 Å². The number of anilines is 2. The third-order valence-corrected chi connectivity index (χ3v) is 8.89. The number of aryl methyl sites for hydroxylation is 1. The molecule has 2 atom stereocenters. The summed E-state index contributed by atoms with van der Waals surface area (Å²) in [6.07, 6.45) is 5.60. The van der Waals surface area contributed by atoms with E-state index in [4.69, 9.17) is 26.3 Å². The standard InChI is InChI=1S/C30H38ClN7O2/c1-4-27(39)38-17-16-37(18-22(38)12-13-32)29-24-10-7-15-36(26-11-5-8-21(2)28(26)31)19-25(24)33-30(34-29)40-20-23-9-6-14-35(23)3/h4-5,8,11,22-23H,1,6-7,9-10,12,14-20H2,2-3H3/t22?,23-/m0/s1. The van der Waals surface area contributed by atoms with Crippen molar-refractivity contribution < 1.29 is 9.53 Å². The highest BCUT2D eigenvalue weighted by Crippen LogP contribution is 2.35. The summed E-state index contributed by atoms with van der Waals surface area (Å²) < 4.78 is 6.27. The second kappa shape index (κ2) is 12.4. The fraction of sp³-hybridized carbons (Fsp3) is 0.533. The van der Waals surface area contributed by atoms with Crippen molar-refractivity contribution in [3.05, 3.63) is 52.7 Å². The third-order valence-electron chi connectivity index (χ3n) is 8.40. The lowest BCUT2D eigenvalue weighted by atomic mass is 10.1. The Kier molecular flexibility index (Phi) is 8.77. The van der Waals surface area contributed by atoms with Gasteiger partial charge in [-0.15, -0.1) is 0 Å². The number of amides is 1. The molecular formula is C30H38ClN7O2. The molecule has 2 saturated heterocycles. The molecule has 9 nitrogen and oxygen atoms in total. The van der Waals surface area contributed by atoms with Crippen molar-refractivity contribution in [1.29, 1.82) is 5.26 Å². The van der Waals surface area contributed by atoms with Crippen LogP contribution in [-0.2, 0) is 17.8 Å². The van der Waals surface area contributed by atoms with Gasteiger partial charge in [-0.25, -0.2) is 0 Å². The van der Waals surface area contributed by atoms with Crippen molar-refractivity contribution in [2.75, 3.05) is 56.2 Å². The fourth-order valence-corrected chi connectivity index (χ4v) is 6.34. The summed E-state index contributed by atoms with van der Waals surface area (Å²) in [6.45, 7) is 10.4. The lowest BCUT2D eigenvalue weighted by Gasteiger charge is -2.41. The van der Waals surface area contributed by atoms with E-state index in [1.165, 1.54) is 12.5 Å². The van der Waals surface area contributed by atoms with E-state index < -0.39 is 0 Å². The van der Waals surface area contributed by atoms with Crippen molar-refractivity contribution in [2.45, 2.75) is 57.7 Å². The zero-order valence-electron chi connectivity index (χ0n) is 23.5. The van der Waals surface area contributed by atoms with E-state index in [1.807, 2.05) is 19.1 Å². The summed E-state index contributed by atoms with van der Waals surface area (Å²) in [7, 11) is 2.13. The van der Waals surface area contributed by atoms with Crippen LogP contribution >= 0.6 is 11.6 Å². The number of rotatable bonds is 7. The first-order valence-electron chi connectivity index (χ1n) is 14.2. The average molecular weight is 564 g/mol. The minimum absolute atomic E-state index is 0.142. The van der Waals surface area contributed by atoms with Crippen molar-refractivity contribution in [3.63, 3.8) is 0 Å². The topological polar surface area (TPSA) is 88.8 Å². The Bertz CT molecular complexity index is 1300. The molecule has 5 rings (SSSR count). The maximum Gasteiger partial charge on any atom is 0.318 e. The second-order valence-electron chi connectivity index (χ2n) is 11.0. The molecule has 40 heavy (non-hydrogen) atoms. The first-order chi connectivity index (χ1) is 19.4. The van der Waals surface area contributed by atoms with E-state index in [2.05, 4.69) is 40.5 Å². The molecule has 0 saturated carbocycles. The molecule has 1 unspecified atom stereocenters. The highest BCUT2D eigenvalue weighted by Gasteiger charge is 2.33. The summed E-state index contributed by atoms with van der Waals surface area (Å²) in [5, 5.41) is 10.3. The van der Waals surface area contributed by atoms with Crippen molar-refractivity contribution in [3.8, 4) is 12.1 Å². The van der Waals surface area contributed by atoms with Gasteiger partial charge >= 0.3 is 6.01 Å². The van der Waals surface area contributed by atoms with E-state index in [1.54, 1.807) is 4.90 Å². The molecule has 0 radical (unpaired) electrons. The first kappa shape index (κ1) is 28.2. The Morgan fingerprint density at radius 2 is 2.05 bits per heavy atom. The van der Waals surface area contributed by atoms with Crippen LogP contribution in [0.1, 0.15) is 42.5 Å². The smallest absolute Gasteiger partial charge is 0.318 e. The summed E-state index contributed by atoms with van der Waals surface area (Å²) in [5.74, 6) is 0.711. The van der Waals surface area contributed by atoms with E-state index in [9.17, 15) is 10.1 Å². The summed E-state index contributed by atoms with van der Waals surface area (Å²) >= 11 is 6.75. The molecule has 212 valence electrons. The molecule has 0 spiro atoms. The van der Waals surface area contributed by atoms with Crippen LogP contribution in [-0.4, -0.2) is 84.1 Å². The summed E-state index contributed by atoms with van der Waals surface area (Å²) in [4.78, 5) is 31.0. The maximum absolute atomic E-state index is 12.5. The number of likely N-dealkylation sites (tertiary alicyclic amines) is 1. The maximum atomic E-state index is 12.5. The molecule has 1 aromatic carbocycles. The molecule has 1 amide bonds. The van der Waals surface area contributed by atoms with Gasteiger partial charge in [0.2, 0.25) is 5.91 Å². The number of likely N-dealkylation sites (N-methyl/N-ethyl adjacent to an activating group) is 1. The number of hydrogen-bond donors (Lipinski definition) is 0. The number of nitrogens with zero attached hydrogens (tertiary/aromatic N) is 7. The van der Waals surface area contributed by atoms with Gasteiger partial charge < -0.3 is 24.3 Å². The zero-order valence-corrected chi connectivity index (χ0v) is 24.2. The van der Waals surface area contributed by atoms with Crippen LogP contribution in [0.5, 0.6) is 6.01 Å². The minimum atomic E-state index is -0.236. The number of piperazine rings is 1. The van der Waals surface area contributed by atoms with E-state index in [0.29, 0.717) is 44.8 Å². The molecule has 10 heteroatoms. The monoisotopic (exact) mass is 563 g/mol. The van der Waals surface area contributed by atoms with Crippen LogP contribution in [0, 0.1) is 18.3 Å². The largest absolute Gasteiger partial charge is 0.462 e. The third kappa shape index (κ3) is 5.89. The van der Waals surface area contributed by atoms with Gasteiger partial charge in [-0.3, -0.25) is 4.79 Å². The number of hydrogen-bond acceptors (Lipinski definition) is 8. The predicted molar refractivity (Wildman–Crippen MR) is 157 cm³/mol. The fourth-order valence-electron chi connectivity index (χ4n) is 6.09. The highest BCUT2D eigenvalue weighted by molar-refractivity contribution is 6.34. The molecule has 0 N–H and O–H groups in total. The normalized spacial score (nSPS) is 21.5. The Balaban J connectivity index is 1.49. The van der Waals surface area contributed by atoms with Gasteiger partial charge in [0.05, 0.1) is 41.5 Å². The van der Waals surface area contributed by atoms with Crippen LogP contribution in [0.2, 0.25) is 5.02 Å². The lowest BCUT2D eigenvalue weighted by Crippen LogP contribution is -2.55. The van der Waals surface area contributed by atoms with Crippen LogP contribution in [0.3, 0.4) is 0 Å². The summed E-state index contributed by atoms with van der Waals surface area (Å²) in [5.41, 5.74) is 4.11. The number of benzene rings is 1. The quantitative estimate of drug-likeness (QED) is 0.467. The van der Waals surface area contributed by atoms with Crippen LogP contribution in [0.15, 0.2) is 30.9 Å². The van der Waals surface area contributed by atoms with E-state index in [-0.39, 0.29) is 18.4 Å². The highest BCUT2D eigenvalue weighted by atomic mass is 35.5. The van der Waals surface area contributed by atoms with Gasteiger partial charge in [-0.05, 0) is 63.9 Å². The van der Waals surface area contributed by atoms with Gasteiger partial charge in [0, 0.05) is 37.8 Å². The van der Waals surface area contributed by atoms with Gasteiger partial charge in [-0.2, -0.15) is 15.2 Å². The molecule has 0 bridgehead atoms. The van der Waals surface area contributed by atoms with E-state index in [0.717, 1.165) is 65.7 Å². The number of aromatic nitrogens is 2. The summed E-state index contributed by atoms with van der Waals surface area (Å²) in [6, 6.07) is 8.89. The Morgan fingerprint density at radius 3 is 2.80 bits per heavy atom. The lowest BCUT2D eigenvalue weighted by molar-refractivity contribution is -0.128. The molecule has 1 aromatic heterocycles. The Hall–Kier alpha value is -3.35. The number of halogens is 1. The second-order valence-corrected chi connectivity index (χ2v) is 11.4. The zero-order chi connectivity index (χ0) is 28.2. The molecule has 2 aromatic rings. The molecule has 2 fully saturated rings. The van der Waals surface area contributed by atoms with Crippen LogP contribution in [0.4, 0.5) is 11.5 Å². The molecule has 0 aliphatic carbocycles. The van der Waals surface area contributed by atoms with Gasteiger partial charge in [0.25, 0.3) is 0 Å². The molecule has 3 aliphatic heterocycles. The Morgan fingerprint density at radius 1 is 1.20 bits per heavy atom. The number of fused-ring (bicyclic) bond motifs is 1. The predicted octanol–water partition coefficient (Wildman–Crippen LogP) is 3.98. The van der Waals surface area contributed by atoms with Crippen molar-refractivity contribution in [1.82, 2.24) is 19.8 Å². The number of nitriles is 1. The molecule has 4 heterocycles. The number of carbonyl (C=O) groups is 1.